The minimum absolute atomic E-state index is 0.794. The summed E-state index contributed by atoms with van der Waals surface area (Å²) in [5, 5.41) is 0. The maximum Gasteiger partial charge on any atom is -0.0162 e. The standard InChI is InChI=1S/C17H28/c1-3-5-6-7-9-13-16(12-4-2)17-14-10-8-11-15-17/h8,10-11,14-16H,3-7,9,12-13H2,1-2H3. The summed E-state index contributed by atoms with van der Waals surface area (Å²) >= 11 is 0. The van der Waals surface area contributed by atoms with Crippen LogP contribution in [0.2, 0.25) is 0 Å². The largest absolute Gasteiger partial charge is 0.0654 e. The Morgan fingerprint density at radius 1 is 0.765 bits per heavy atom. The van der Waals surface area contributed by atoms with Crippen molar-refractivity contribution in [1.82, 2.24) is 0 Å². The fourth-order valence-corrected chi connectivity index (χ4v) is 2.55. The molecule has 1 aromatic carbocycles. The van der Waals surface area contributed by atoms with E-state index in [0.29, 0.717) is 0 Å². The average Bonchev–Trinajstić information content (AvgIpc) is 2.38. The lowest BCUT2D eigenvalue weighted by Gasteiger charge is -2.16. The van der Waals surface area contributed by atoms with Gasteiger partial charge in [-0.15, -0.1) is 0 Å². The van der Waals surface area contributed by atoms with Gasteiger partial charge >= 0.3 is 0 Å². The summed E-state index contributed by atoms with van der Waals surface area (Å²) in [6.07, 6.45) is 11.0. The maximum absolute atomic E-state index is 2.30. The molecule has 0 aliphatic rings. The molecule has 1 aromatic rings. The molecular weight excluding hydrogens is 204 g/mol. The molecule has 0 spiro atoms. The van der Waals surface area contributed by atoms with Gasteiger partial charge in [0.05, 0.1) is 0 Å². The minimum atomic E-state index is 0.794. The molecule has 0 nitrogen and oxygen atoms in total. The summed E-state index contributed by atoms with van der Waals surface area (Å²) in [6, 6.07) is 11.1. The van der Waals surface area contributed by atoms with Crippen LogP contribution < -0.4 is 0 Å². The van der Waals surface area contributed by atoms with Gasteiger partial charge in [-0.05, 0) is 24.3 Å². The Morgan fingerprint density at radius 3 is 2.12 bits per heavy atom. The summed E-state index contributed by atoms with van der Waals surface area (Å²) in [5.74, 6) is 0.794. The molecule has 1 atom stereocenters. The van der Waals surface area contributed by atoms with Gasteiger partial charge in [-0.1, -0.05) is 82.7 Å². The van der Waals surface area contributed by atoms with Crippen LogP contribution in [0.5, 0.6) is 0 Å². The third kappa shape index (κ3) is 5.91. The summed E-state index contributed by atoms with van der Waals surface area (Å²) in [4.78, 5) is 0. The Bertz CT molecular complexity index is 263. The van der Waals surface area contributed by atoms with Gasteiger partial charge < -0.3 is 0 Å². The normalized spacial score (nSPS) is 12.6. The second-order valence-corrected chi connectivity index (χ2v) is 5.10. The van der Waals surface area contributed by atoms with Gasteiger partial charge in [-0.3, -0.25) is 0 Å². The van der Waals surface area contributed by atoms with E-state index < -0.39 is 0 Å². The van der Waals surface area contributed by atoms with Crippen molar-refractivity contribution in [2.24, 2.45) is 0 Å². The first-order valence-electron chi connectivity index (χ1n) is 7.43. The molecule has 0 heterocycles. The lowest BCUT2D eigenvalue weighted by molar-refractivity contribution is 0.516. The number of hydrogen-bond donors (Lipinski definition) is 0. The van der Waals surface area contributed by atoms with Gasteiger partial charge in [0.1, 0.15) is 0 Å². The molecule has 0 aliphatic carbocycles. The second-order valence-electron chi connectivity index (χ2n) is 5.10. The second kappa shape index (κ2) is 9.27. The van der Waals surface area contributed by atoms with Gasteiger partial charge in [-0.2, -0.15) is 0 Å². The first-order chi connectivity index (χ1) is 8.38. The zero-order valence-electron chi connectivity index (χ0n) is 11.6. The molecule has 0 N–H and O–H groups in total. The number of hydrogen-bond acceptors (Lipinski definition) is 0. The van der Waals surface area contributed by atoms with Gasteiger partial charge in [0.15, 0.2) is 0 Å². The predicted molar refractivity (Wildman–Crippen MR) is 77.5 cm³/mol. The van der Waals surface area contributed by atoms with E-state index in [1.807, 2.05) is 0 Å². The summed E-state index contributed by atoms with van der Waals surface area (Å²) in [7, 11) is 0. The van der Waals surface area contributed by atoms with Crippen molar-refractivity contribution in [2.45, 2.75) is 71.1 Å². The highest BCUT2D eigenvalue weighted by Crippen LogP contribution is 2.27. The van der Waals surface area contributed by atoms with Gasteiger partial charge in [0.2, 0.25) is 0 Å². The molecule has 0 aromatic heterocycles. The highest BCUT2D eigenvalue weighted by molar-refractivity contribution is 5.19. The third-order valence-corrected chi connectivity index (χ3v) is 3.56. The molecule has 0 bridgehead atoms. The molecule has 0 amide bonds. The van der Waals surface area contributed by atoms with Crippen LogP contribution in [0.25, 0.3) is 0 Å². The fourth-order valence-electron chi connectivity index (χ4n) is 2.55. The molecule has 0 fully saturated rings. The highest BCUT2D eigenvalue weighted by Gasteiger charge is 2.09. The van der Waals surface area contributed by atoms with Crippen LogP contribution in [-0.4, -0.2) is 0 Å². The van der Waals surface area contributed by atoms with Crippen LogP contribution >= 0.6 is 0 Å². The van der Waals surface area contributed by atoms with E-state index in [1.165, 1.54) is 51.4 Å². The zero-order valence-corrected chi connectivity index (χ0v) is 11.6. The highest BCUT2D eigenvalue weighted by atomic mass is 14.1. The molecule has 0 radical (unpaired) electrons. The van der Waals surface area contributed by atoms with E-state index in [-0.39, 0.29) is 0 Å². The lowest BCUT2D eigenvalue weighted by Crippen LogP contribution is -1.98. The SMILES string of the molecule is CCCCCCCC(CCC)c1ccccc1. The van der Waals surface area contributed by atoms with Crippen LogP contribution in [0.15, 0.2) is 30.3 Å². The molecule has 1 unspecified atom stereocenters. The van der Waals surface area contributed by atoms with Gasteiger partial charge in [-0.25, -0.2) is 0 Å². The smallest absolute Gasteiger partial charge is 0.0162 e. The van der Waals surface area contributed by atoms with Crippen molar-refractivity contribution in [3.05, 3.63) is 35.9 Å². The van der Waals surface area contributed by atoms with Crippen LogP contribution in [0.3, 0.4) is 0 Å². The van der Waals surface area contributed by atoms with E-state index in [1.54, 1.807) is 5.56 Å². The Hall–Kier alpha value is -0.780. The average molecular weight is 232 g/mol. The molecule has 0 heteroatoms. The number of rotatable bonds is 9. The Morgan fingerprint density at radius 2 is 1.47 bits per heavy atom. The monoisotopic (exact) mass is 232 g/mol. The van der Waals surface area contributed by atoms with Crippen LogP contribution in [0, 0.1) is 0 Å². The molecule has 17 heavy (non-hydrogen) atoms. The summed E-state index contributed by atoms with van der Waals surface area (Å²) in [5.41, 5.74) is 1.55. The van der Waals surface area contributed by atoms with Crippen molar-refractivity contribution >= 4 is 0 Å². The quantitative estimate of drug-likeness (QED) is 0.463. The van der Waals surface area contributed by atoms with Crippen LogP contribution in [0.1, 0.15) is 76.7 Å². The Labute approximate surface area is 107 Å². The molecule has 0 aliphatic heterocycles. The molecule has 96 valence electrons. The van der Waals surface area contributed by atoms with Gasteiger partial charge in [0.25, 0.3) is 0 Å². The first-order valence-corrected chi connectivity index (χ1v) is 7.43. The van der Waals surface area contributed by atoms with E-state index in [4.69, 9.17) is 0 Å². The van der Waals surface area contributed by atoms with Crippen molar-refractivity contribution in [3.8, 4) is 0 Å². The molecule has 0 saturated heterocycles. The van der Waals surface area contributed by atoms with Crippen LogP contribution in [-0.2, 0) is 0 Å². The van der Waals surface area contributed by atoms with E-state index >= 15 is 0 Å². The number of unbranched alkanes of at least 4 members (excludes halogenated alkanes) is 4. The molecule has 1 rings (SSSR count). The van der Waals surface area contributed by atoms with Crippen molar-refractivity contribution in [3.63, 3.8) is 0 Å². The van der Waals surface area contributed by atoms with Gasteiger partial charge in [0, 0.05) is 0 Å². The van der Waals surface area contributed by atoms with Crippen molar-refractivity contribution < 1.29 is 0 Å². The summed E-state index contributed by atoms with van der Waals surface area (Å²) in [6.45, 7) is 4.58. The van der Waals surface area contributed by atoms with E-state index in [2.05, 4.69) is 44.2 Å². The predicted octanol–water partition coefficient (Wildman–Crippen LogP) is 5.93. The third-order valence-electron chi connectivity index (χ3n) is 3.56. The lowest BCUT2D eigenvalue weighted by atomic mass is 9.89. The fraction of sp³-hybridized carbons (Fsp3) is 0.647. The first kappa shape index (κ1) is 14.3. The van der Waals surface area contributed by atoms with Crippen molar-refractivity contribution in [1.29, 1.82) is 0 Å². The number of benzene rings is 1. The molecular formula is C17H28. The maximum atomic E-state index is 2.30. The minimum Gasteiger partial charge on any atom is -0.0654 e. The van der Waals surface area contributed by atoms with E-state index in [9.17, 15) is 0 Å². The zero-order chi connectivity index (χ0) is 12.3. The Balaban J connectivity index is 2.33. The van der Waals surface area contributed by atoms with Crippen molar-refractivity contribution in [2.75, 3.05) is 0 Å². The van der Waals surface area contributed by atoms with Crippen LogP contribution in [0.4, 0.5) is 0 Å². The topological polar surface area (TPSA) is 0 Å². The summed E-state index contributed by atoms with van der Waals surface area (Å²) < 4.78 is 0. The van der Waals surface area contributed by atoms with E-state index in [0.717, 1.165) is 5.92 Å². The molecule has 0 saturated carbocycles. The Kier molecular flexibility index (Phi) is 7.79.